The van der Waals surface area contributed by atoms with Gasteiger partial charge in [-0.1, -0.05) is 45.2 Å². The predicted octanol–water partition coefficient (Wildman–Crippen LogP) is 5.65. The minimum Gasteiger partial charge on any atom is -0.493 e. The van der Waals surface area contributed by atoms with Crippen LogP contribution < -0.4 is 19.7 Å². The van der Waals surface area contributed by atoms with Crippen molar-refractivity contribution >= 4 is 74.7 Å². The number of barbiturate groups is 1. The quantitative estimate of drug-likeness (QED) is 0.179. The van der Waals surface area contributed by atoms with Crippen LogP contribution in [-0.4, -0.2) is 30.9 Å². The fourth-order valence-corrected chi connectivity index (χ4v) is 4.07. The number of ether oxygens (including phenoxy) is 2. The van der Waals surface area contributed by atoms with Gasteiger partial charge in [-0.15, -0.1) is 0 Å². The van der Waals surface area contributed by atoms with Crippen LogP contribution in [0.3, 0.4) is 0 Å². The van der Waals surface area contributed by atoms with Crippen molar-refractivity contribution in [1.82, 2.24) is 5.32 Å². The number of esters is 1. The average Bonchev–Trinajstić information content (AvgIpc) is 2.83. The highest BCUT2D eigenvalue weighted by atomic mass is 79.9. The molecule has 1 fully saturated rings. The largest absolute Gasteiger partial charge is 0.493 e. The van der Waals surface area contributed by atoms with E-state index in [9.17, 15) is 19.2 Å². The first kappa shape index (κ1) is 25.4. The summed E-state index contributed by atoms with van der Waals surface area (Å²) < 4.78 is 11.5. The number of imide groups is 2. The van der Waals surface area contributed by atoms with Gasteiger partial charge < -0.3 is 9.47 Å². The molecule has 1 N–H and O–H groups in total. The molecule has 11 heteroatoms. The Hall–Kier alpha value is -3.66. The van der Waals surface area contributed by atoms with Gasteiger partial charge >= 0.3 is 12.0 Å². The van der Waals surface area contributed by atoms with E-state index in [0.717, 1.165) is 9.37 Å². The van der Waals surface area contributed by atoms with Crippen LogP contribution in [0.25, 0.3) is 6.08 Å². The van der Waals surface area contributed by atoms with Crippen LogP contribution in [0.2, 0.25) is 10.0 Å². The summed E-state index contributed by atoms with van der Waals surface area (Å²) in [4.78, 5) is 51.3. The smallest absolute Gasteiger partial charge is 0.345 e. The van der Waals surface area contributed by atoms with E-state index in [1.54, 1.807) is 24.3 Å². The summed E-state index contributed by atoms with van der Waals surface area (Å²) in [6.07, 6.45) is 1.31. The Bertz CT molecular complexity index is 1440. The lowest BCUT2D eigenvalue weighted by atomic mass is 10.1. The van der Waals surface area contributed by atoms with Crippen molar-refractivity contribution in [2.24, 2.45) is 0 Å². The minimum absolute atomic E-state index is 0.0850. The molecule has 1 aliphatic heterocycles. The Morgan fingerprint density at radius 3 is 2.36 bits per heavy atom. The Balaban J connectivity index is 1.62. The zero-order valence-electron chi connectivity index (χ0n) is 18.4. The predicted molar refractivity (Wildman–Crippen MR) is 138 cm³/mol. The van der Waals surface area contributed by atoms with E-state index >= 15 is 0 Å². The molecule has 36 heavy (non-hydrogen) atoms. The molecule has 0 atom stereocenters. The summed E-state index contributed by atoms with van der Waals surface area (Å²) in [6, 6.07) is 14.4. The molecule has 4 rings (SSSR count). The third-order valence-electron chi connectivity index (χ3n) is 5.04. The molecule has 3 aromatic carbocycles. The van der Waals surface area contributed by atoms with E-state index < -0.39 is 23.8 Å². The molecule has 8 nitrogen and oxygen atoms in total. The van der Waals surface area contributed by atoms with Crippen LogP contribution >= 0.6 is 39.1 Å². The number of hydrogen-bond acceptors (Lipinski definition) is 6. The second-order valence-corrected chi connectivity index (χ2v) is 9.12. The normalized spacial score (nSPS) is 14.6. The van der Waals surface area contributed by atoms with Crippen molar-refractivity contribution < 1.29 is 28.7 Å². The molecule has 182 valence electrons. The third-order valence-corrected chi connectivity index (χ3v) is 6.12. The molecule has 0 radical (unpaired) electrons. The zero-order chi connectivity index (χ0) is 26.0. The Labute approximate surface area is 223 Å². The van der Waals surface area contributed by atoms with Gasteiger partial charge in [0.1, 0.15) is 5.57 Å². The minimum atomic E-state index is -0.856. The number of anilines is 1. The number of amides is 4. The maximum absolute atomic E-state index is 13.1. The van der Waals surface area contributed by atoms with Gasteiger partial charge in [0.2, 0.25) is 0 Å². The molecular formula is C25H15BrCl2N2O6. The number of nitrogens with one attached hydrogen (secondary N) is 1. The summed E-state index contributed by atoms with van der Waals surface area (Å²) in [5.41, 5.74) is 0.522. The highest BCUT2D eigenvalue weighted by Gasteiger charge is 2.36. The summed E-state index contributed by atoms with van der Waals surface area (Å²) in [6.45, 7) is 0. The van der Waals surface area contributed by atoms with Crippen LogP contribution in [0.1, 0.15) is 15.9 Å². The van der Waals surface area contributed by atoms with Gasteiger partial charge in [0, 0.05) is 9.50 Å². The van der Waals surface area contributed by atoms with Gasteiger partial charge in [-0.2, -0.15) is 0 Å². The molecule has 1 aliphatic rings. The van der Waals surface area contributed by atoms with E-state index in [4.69, 9.17) is 32.7 Å². The topological polar surface area (TPSA) is 102 Å². The van der Waals surface area contributed by atoms with Crippen LogP contribution in [0.4, 0.5) is 10.5 Å². The lowest BCUT2D eigenvalue weighted by molar-refractivity contribution is -0.122. The number of urea groups is 1. The van der Waals surface area contributed by atoms with Crippen molar-refractivity contribution in [2.75, 3.05) is 12.0 Å². The standard InChI is InChI=1S/C25H15BrCl2N2O6/c1-35-21-11-13(2-9-20(21)36-24(33)17-8-5-15(27)12-19(17)28)10-18-22(31)29-25(34)30(23(18)32)16-6-3-14(26)4-7-16/h2-12H,1H3,(H,29,31,34)/b18-10+. The highest BCUT2D eigenvalue weighted by Crippen LogP contribution is 2.32. The molecular weight excluding hydrogens is 575 g/mol. The summed E-state index contributed by atoms with van der Waals surface area (Å²) >= 11 is 15.2. The van der Waals surface area contributed by atoms with Gasteiger partial charge in [-0.3, -0.25) is 14.9 Å². The Kier molecular flexibility index (Phi) is 7.44. The number of rotatable bonds is 5. The van der Waals surface area contributed by atoms with E-state index in [0.29, 0.717) is 16.3 Å². The molecule has 0 saturated carbocycles. The lowest BCUT2D eigenvalue weighted by Crippen LogP contribution is -2.54. The summed E-state index contributed by atoms with van der Waals surface area (Å²) in [5, 5.41) is 2.65. The van der Waals surface area contributed by atoms with Gasteiger partial charge in [-0.05, 0) is 66.2 Å². The summed E-state index contributed by atoms with van der Waals surface area (Å²) in [5.74, 6) is -2.12. The number of benzene rings is 3. The van der Waals surface area contributed by atoms with Crippen LogP contribution in [0.5, 0.6) is 11.5 Å². The van der Waals surface area contributed by atoms with Crippen molar-refractivity contribution in [3.63, 3.8) is 0 Å². The number of halogens is 3. The third kappa shape index (κ3) is 5.28. The Morgan fingerprint density at radius 1 is 0.972 bits per heavy atom. The molecule has 1 heterocycles. The fourth-order valence-electron chi connectivity index (χ4n) is 3.32. The number of nitrogens with zero attached hydrogens (tertiary/aromatic N) is 1. The zero-order valence-corrected chi connectivity index (χ0v) is 21.5. The van der Waals surface area contributed by atoms with Crippen LogP contribution in [-0.2, 0) is 9.59 Å². The SMILES string of the molecule is COc1cc(/C=C2\C(=O)NC(=O)N(c3ccc(Br)cc3)C2=O)ccc1OC(=O)c1ccc(Cl)cc1Cl. The van der Waals surface area contributed by atoms with Crippen LogP contribution in [0, 0.1) is 0 Å². The average molecular weight is 590 g/mol. The van der Waals surface area contributed by atoms with E-state index in [1.807, 2.05) is 0 Å². The lowest BCUT2D eigenvalue weighted by Gasteiger charge is -2.26. The van der Waals surface area contributed by atoms with Gasteiger partial charge in [-0.25, -0.2) is 14.5 Å². The molecule has 1 saturated heterocycles. The molecule has 0 spiro atoms. The molecule has 0 bridgehead atoms. The molecule has 3 aromatic rings. The van der Waals surface area contributed by atoms with E-state index in [2.05, 4.69) is 21.2 Å². The van der Waals surface area contributed by atoms with Crippen molar-refractivity contribution in [3.8, 4) is 11.5 Å². The second-order valence-electron chi connectivity index (χ2n) is 7.36. The van der Waals surface area contributed by atoms with Crippen molar-refractivity contribution in [3.05, 3.63) is 91.9 Å². The first-order valence-corrected chi connectivity index (χ1v) is 11.7. The number of hydrogen-bond donors (Lipinski definition) is 1. The van der Waals surface area contributed by atoms with Gasteiger partial charge in [0.15, 0.2) is 11.5 Å². The maximum Gasteiger partial charge on any atom is 0.345 e. The highest BCUT2D eigenvalue weighted by molar-refractivity contribution is 9.10. The van der Waals surface area contributed by atoms with E-state index in [-0.39, 0.29) is 27.7 Å². The summed E-state index contributed by atoms with van der Waals surface area (Å²) in [7, 11) is 1.37. The first-order valence-electron chi connectivity index (χ1n) is 10.2. The van der Waals surface area contributed by atoms with Crippen molar-refractivity contribution in [1.29, 1.82) is 0 Å². The van der Waals surface area contributed by atoms with Crippen LogP contribution in [0.15, 0.2) is 70.7 Å². The monoisotopic (exact) mass is 588 g/mol. The molecule has 0 unspecified atom stereocenters. The van der Waals surface area contributed by atoms with Gasteiger partial charge in [0.05, 0.1) is 23.4 Å². The van der Waals surface area contributed by atoms with Crippen molar-refractivity contribution in [2.45, 2.75) is 0 Å². The first-order chi connectivity index (χ1) is 17.2. The number of methoxy groups -OCH3 is 1. The number of carbonyl (C=O) groups is 4. The fraction of sp³-hybridized carbons (Fsp3) is 0.0400. The van der Waals surface area contributed by atoms with E-state index in [1.165, 1.54) is 49.6 Å². The molecule has 0 aromatic heterocycles. The second kappa shape index (κ2) is 10.5. The van der Waals surface area contributed by atoms with Gasteiger partial charge in [0.25, 0.3) is 11.8 Å². The number of carbonyl (C=O) groups excluding carboxylic acids is 4. The maximum atomic E-state index is 13.1. The molecule has 0 aliphatic carbocycles. The Morgan fingerprint density at radius 2 is 1.69 bits per heavy atom. The molecule has 4 amide bonds.